The summed E-state index contributed by atoms with van der Waals surface area (Å²) >= 11 is 0. The van der Waals surface area contributed by atoms with Crippen LogP contribution in [-0.4, -0.2) is 82.8 Å². The molecule has 0 amide bonds. The molecule has 10 nitrogen and oxygen atoms in total. The first-order valence-electron chi connectivity index (χ1n) is 12.4. The van der Waals surface area contributed by atoms with Crippen molar-refractivity contribution in [3.63, 3.8) is 0 Å². The fourth-order valence-electron chi connectivity index (χ4n) is 5.20. The molecule has 0 bridgehead atoms. The summed E-state index contributed by atoms with van der Waals surface area (Å²) in [6, 6.07) is 11.1. The molecule has 3 aliphatic rings. The number of nitrogens with one attached hydrogen (secondary N) is 2. The van der Waals surface area contributed by atoms with Gasteiger partial charge in [0.05, 0.1) is 30.6 Å². The van der Waals surface area contributed by atoms with E-state index in [4.69, 9.17) is 14.5 Å². The lowest BCUT2D eigenvalue weighted by molar-refractivity contribution is -0.0116. The first-order valence-corrected chi connectivity index (χ1v) is 12.4. The highest BCUT2D eigenvalue weighted by molar-refractivity contribution is 5.75. The molecule has 1 aromatic carbocycles. The third-order valence-electron chi connectivity index (χ3n) is 7.11. The maximum atomic E-state index is 5.70. The molecule has 2 saturated heterocycles. The molecule has 0 aliphatic carbocycles. The van der Waals surface area contributed by atoms with Gasteiger partial charge in [0.2, 0.25) is 5.88 Å². The molecule has 2 fully saturated rings. The summed E-state index contributed by atoms with van der Waals surface area (Å²) in [5.74, 6) is 1.32. The molecule has 36 heavy (non-hydrogen) atoms. The molecule has 0 saturated carbocycles. The summed E-state index contributed by atoms with van der Waals surface area (Å²) in [6.07, 6.45) is 7.48. The molecule has 0 unspecified atom stereocenters. The summed E-state index contributed by atoms with van der Waals surface area (Å²) < 4.78 is 13.3. The number of piperazine rings is 1. The average Bonchev–Trinajstić information content (AvgIpc) is 3.42. The Morgan fingerprint density at radius 1 is 1.06 bits per heavy atom. The molecular weight excluding hydrogens is 456 g/mol. The number of nitrogens with zero attached hydrogens (tertiary/aromatic N) is 6. The fourth-order valence-corrected chi connectivity index (χ4v) is 5.20. The maximum Gasteiger partial charge on any atom is 0.237 e. The first kappa shape index (κ1) is 21.4. The normalized spacial score (nSPS) is 19.8. The van der Waals surface area contributed by atoms with Crippen molar-refractivity contribution in [1.82, 2.24) is 24.3 Å². The maximum absolute atomic E-state index is 5.70. The Morgan fingerprint density at radius 3 is 2.94 bits per heavy atom. The van der Waals surface area contributed by atoms with Crippen LogP contribution in [-0.2, 0) is 4.74 Å². The lowest BCUT2D eigenvalue weighted by Crippen LogP contribution is -2.58. The summed E-state index contributed by atoms with van der Waals surface area (Å²) in [7, 11) is 0. The highest BCUT2D eigenvalue weighted by atomic mass is 16.5. The van der Waals surface area contributed by atoms with Crippen molar-refractivity contribution in [2.75, 3.05) is 68.1 Å². The number of morpholine rings is 1. The topological polar surface area (TPSA) is 92.1 Å². The monoisotopic (exact) mass is 484 g/mol. The van der Waals surface area contributed by atoms with Gasteiger partial charge in [-0.3, -0.25) is 4.90 Å². The predicted octanol–water partition coefficient (Wildman–Crippen LogP) is 2.86. The van der Waals surface area contributed by atoms with Crippen LogP contribution in [0.25, 0.3) is 16.9 Å². The third-order valence-corrected chi connectivity index (χ3v) is 7.11. The van der Waals surface area contributed by atoms with Crippen LogP contribution >= 0.6 is 0 Å². The highest BCUT2D eigenvalue weighted by Gasteiger charge is 2.29. The van der Waals surface area contributed by atoms with Crippen LogP contribution in [0.2, 0.25) is 0 Å². The van der Waals surface area contributed by atoms with Gasteiger partial charge in [-0.25, -0.2) is 15.0 Å². The molecule has 3 aliphatic heterocycles. The molecule has 1 atom stereocenters. The number of fused-ring (bicyclic) bond motifs is 3. The molecule has 4 aromatic rings. The van der Waals surface area contributed by atoms with E-state index >= 15 is 0 Å². The molecule has 0 spiro atoms. The zero-order valence-corrected chi connectivity index (χ0v) is 19.9. The van der Waals surface area contributed by atoms with Gasteiger partial charge in [0.1, 0.15) is 6.61 Å². The van der Waals surface area contributed by atoms with Gasteiger partial charge in [-0.05, 0) is 30.3 Å². The number of benzene rings is 1. The van der Waals surface area contributed by atoms with E-state index in [1.165, 1.54) is 5.69 Å². The van der Waals surface area contributed by atoms with Crippen molar-refractivity contribution in [2.45, 2.75) is 6.04 Å². The van der Waals surface area contributed by atoms with E-state index in [1.807, 2.05) is 22.9 Å². The van der Waals surface area contributed by atoms with E-state index in [9.17, 15) is 0 Å². The average molecular weight is 485 g/mol. The van der Waals surface area contributed by atoms with Crippen molar-refractivity contribution in [3.05, 3.63) is 55.1 Å². The van der Waals surface area contributed by atoms with E-state index in [-0.39, 0.29) is 0 Å². The summed E-state index contributed by atoms with van der Waals surface area (Å²) in [5.41, 5.74) is 5.56. The number of aromatic nitrogens is 4. The van der Waals surface area contributed by atoms with Crippen LogP contribution in [0.4, 0.5) is 22.9 Å². The van der Waals surface area contributed by atoms with Gasteiger partial charge in [0.15, 0.2) is 11.5 Å². The van der Waals surface area contributed by atoms with E-state index < -0.39 is 0 Å². The van der Waals surface area contributed by atoms with Crippen molar-refractivity contribution in [3.8, 4) is 17.1 Å². The second kappa shape index (κ2) is 8.96. The van der Waals surface area contributed by atoms with E-state index in [0.29, 0.717) is 24.3 Å². The Bertz CT molecular complexity index is 1390. The Morgan fingerprint density at radius 2 is 2.00 bits per heavy atom. The van der Waals surface area contributed by atoms with Gasteiger partial charge in [0.25, 0.3) is 0 Å². The van der Waals surface area contributed by atoms with Gasteiger partial charge in [0, 0.05) is 74.4 Å². The van der Waals surface area contributed by atoms with Gasteiger partial charge in [-0.15, -0.1) is 0 Å². The predicted molar refractivity (Wildman–Crippen MR) is 138 cm³/mol. The lowest BCUT2D eigenvalue weighted by atomic mass is 10.1. The molecule has 3 aromatic heterocycles. The third kappa shape index (κ3) is 3.98. The minimum Gasteiger partial charge on any atom is -0.474 e. The first-order chi connectivity index (χ1) is 17.8. The second-order valence-corrected chi connectivity index (χ2v) is 9.37. The quantitative estimate of drug-likeness (QED) is 0.454. The van der Waals surface area contributed by atoms with Crippen molar-refractivity contribution >= 4 is 28.5 Å². The van der Waals surface area contributed by atoms with Gasteiger partial charge in [-0.1, -0.05) is 0 Å². The SMILES string of the molecule is c1cn2cc(-c3cnc4c(c3)NCCO4)nc(Nc3ccc(N4CCN5CCOC[C@@H]5C4)cc3)c2n1. The number of imidazole rings is 1. The van der Waals surface area contributed by atoms with Crippen molar-refractivity contribution in [2.24, 2.45) is 0 Å². The van der Waals surface area contributed by atoms with E-state index in [2.05, 4.69) is 54.7 Å². The molecule has 6 heterocycles. The summed E-state index contributed by atoms with van der Waals surface area (Å²) in [4.78, 5) is 18.9. The van der Waals surface area contributed by atoms with Crippen LogP contribution in [0.15, 0.2) is 55.1 Å². The minimum absolute atomic E-state index is 0.478. The van der Waals surface area contributed by atoms with Crippen LogP contribution in [0, 0.1) is 0 Å². The molecular formula is C26H28N8O2. The number of hydrogen-bond acceptors (Lipinski definition) is 9. The van der Waals surface area contributed by atoms with E-state index in [1.54, 1.807) is 12.4 Å². The smallest absolute Gasteiger partial charge is 0.237 e. The second-order valence-electron chi connectivity index (χ2n) is 9.37. The molecule has 7 rings (SSSR count). The Hall–Kier alpha value is -3.89. The standard InChI is InChI=1S/C26H28N8O2/c1-3-20(33-9-8-32-10-12-35-17-21(32)15-33)4-2-19(1)30-24-25-28-5-7-34(25)16-23(31-24)18-13-22-26(29-14-18)36-11-6-27-22/h1-5,7,13-14,16,21,27H,6,8-12,15,17H2,(H,30,31)/t21-/m0/s1. The van der Waals surface area contributed by atoms with Gasteiger partial charge >= 0.3 is 0 Å². The van der Waals surface area contributed by atoms with Crippen LogP contribution in [0.1, 0.15) is 0 Å². The minimum atomic E-state index is 0.478. The van der Waals surface area contributed by atoms with Gasteiger partial charge in [-0.2, -0.15) is 0 Å². The number of rotatable bonds is 4. The fraction of sp³-hybridized carbons (Fsp3) is 0.346. The zero-order chi connectivity index (χ0) is 23.9. The Kier molecular flexibility index (Phi) is 5.32. The largest absolute Gasteiger partial charge is 0.474 e. The number of hydrogen-bond donors (Lipinski definition) is 2. The van der Waals surface area contributed by atoms with Crippen LogP contribution in [0.3, 0.4) is 0 Å². The Labute approximate surface area is 208 Å². The summed E-state index contributed by atoms with van der Waals surface area (Å²) in [6.45, 7) is 7.22. The molecule has 2 N–H and O–H groups in total. The molecule has 10 heteroatoms. The van der Waals surface area contributed by atoms with E-state index in [0.717, 1.165) is 74.2 Å². The Balaban J connectivity index is 1.14. The summed E-state index contributed by atoms with van der Waals surface area (Å²) in [5, 5.41) is 6.82. The van der Waals surface area contributed by atoms with Gasteiger partial charge < -0.3 is 29.4 Å². The number of ether oxygens (including phenoxy) is 2. The van der Waals surface area contributed by atoms with Crippen molar-refractivity contribution < 1.29 is 9.47 Å². The van der Waals surface area contributed by atoms with Crippen LogP contribution in [0.5, 0.6) is 5.88 Å². The zero-order valence-electron chi connectivity index (χ0n) is 19.9. The van der Waals surface area contributed by atoms with Crippen molar-refractivity contribution in [1.29, 1.82) is 0 Å². The number of pyridine rings is 1. The molecule has 184 valence electrons. The lowest BCUT2D eigenvalue weighted by Gasteiger charge is -2.44. The highest BCUT2D eigenvalue weighted by Crippen LogP contribution is 2.31. The number of anilines is 4. The van der Waals surface area contributed by atoms with Crippen LogP contribution < -0.4 is 20.3 Å². The molecule has 0 radical (unpaired) electrons.